The second kappa shape index (κ2) is 6.18. The van der Waals surface area contributed by atoms with Crippen molar-refractivity contribution in [3.8, 4) is 0 Å². The van der Waals surface area contributed by atoms with E-state index < -0.39 is 0 Å². The van der Waals surface area contributed by atoms with Crippen molar-refractivity contribution in [3.63, 3.8) is 0 Å². The van der Waals surface area contributed by atoms with Gasteiger partial charge in [0.2, 0.25) is 0 Å². The highest BCUT2D eigenvalue weighted by Crippen LogP contribution is 2.22. The summed E-state index contributed by atoms with van der Waals surface area (Å²) in [7, 11) is 0. The van der Waals surface area contributed by atoms with E-state index >= 15 is 0 Å². The van der Waals surface area contributed by atoms with Crippen LogP contribution in [0.3, 0.4) is 0 Å². The molecule has 0 aromatic heterocycles. The standard InChI is InChI=1S/C16H17ClFN/c1-11-9-13(7-8-16(11)18)10-19-12(2)14-5-3-4-6-15(14)17/h3-9,12,19H,10H2,1-2H3. The molecule has 0 saturated heterocycles. The molecule has 1 N–H and O–H groups in total. The summed E-state index contributed by atoms with van der Waals surface area (Å²) in [4.78, 5) is 0. The van der Waals surface area contributed by atoms with Crippen LogP contribution in [0.5, 0.6) is 0 Å². The number of hydrogen-bond acceptors (Lipinski definition) is 1. The zero-order valence-electron chi connectivity index (χ0n) is 11.1. The number of nitrogens with one attached hydrogen (secondary N) is 1. The number of hydrogen-bond donors (Lipinski definition) is 1. The van der Waals surface area contributed by atoms with Crippen LogP contribution in [0.15, 0.2) is 42.5 Å². The van der Waals surface area contributed by atoms with E-state index in [0.29, 0.717) is 12.1 Å². The molecule has 0 aliphatic rings. The predicted octanol–water partition coefficient (Wildman–Crippen LogP) is 4.64. The number of rotatable bonds is 4. The molecule has 0 heterocycles. The van der Waals surface area contributed by atoms with E-state index in [0.717, 1.165) is 16.1 Å². The molecule has 0 spiro atoms. The van der Waals surface area contributed by atoms with E-state index in [1.807, 2.05) is 30.3 Å². The zero-order chi connectivity index (χ0) is 13.8. The average molecular weight is 278 g/mol. The van der Waals surface area contributed by atoms with Crippen molar-refractivity contribution in [1.82, 2.24) is 5.32 Å². The van der Waals surface area contributed by atoms with Crippen LogP contribution in [0, 0.1) is 12.7 Å². The average Bonchev–Trinajstić information content (AvgIpc) is 2.40. The largest absolute Gasteiger partial charge is 0.306 e. The third-order valence-electron chi connectivity index (χ3n) is 3.21. The number of aryl methyl sites for hydroxylation is 1. The van der Waals surface area contributed by atoms with Gasteiger partial charge in [0.1, 0.15) is 5.82 Å². The molecule has 2 aromatic rings. The first kappa shape index (κ1) is 14.0. The fraction of sp³-hybridized carbons (Fsp3) is 0.250. The molecule has 0 saturated carbocycles. The third-order valence-corrected chi connectivity index (χ3v) is 3.55. The molecular formula is C16H17ClFN. The maximum Gasteiger partial charge on any atom is 0.126 e. The SMILES string of the molecule is Cc1cc(CNC(C)c2ccccc2Cl)ccc1F. The molecule has 1 nitrogen and oxygen atoms in total. The van der Waals surface area contributed by atoms with Crippen molar-refractivity contribution >= 4 is 11.6 Å². The van der Waals surface area contributed by atoms with Crippen molar-refractivity contribution < 1.29 is 4.39 Å². The van der Waals surface area contributed by atoms with Crippen LogP contribution in [0.4, 0.5) is 4.39 Å². The van der Waals surface area contributed by atoms with Crippen molar-refractivity contribution in [1.29, 1.82) is 0 Å². The van der Waals surface area contributed by atoms with Crippen LogP contribution in [0.2, 0.25) is 5.02 Å². The Balaban J connectivity index is 2.02. The summed E-state index contributed by atoms with van der Waals surface area (Å²) < 4.78 is 13.2. The lowest BCUT2D eigenvalue weighted by Gasteiger charge is -2.16. The predicted molar refractivity (Wildman–Crippen MR) is 77.8 cm³/mol. The Bertz CT molecular complexity index is 568. The van der Waals surface area contributed by atoms with Gasteiger partial charge in [-0.3, -0.25) is 0 Å². The quantitative estimate of drug-likeness (QED) is 0.858. The molecule has 3 heteroatoms. The molecule has 1 unspecified atom stereocenters. The number of benzene rings is 2. The maximum absolute atomic E-state index is 13.2. The van der Waals surface area contributed by atoms with Gasteiger partial charge in [0.25, 0.3) is 0 Å². The van der Waals surface area contributed by atoms with Crippen molar-refractivity contribution in [2.24, 2.45) is 0 Å². The lowest BCUT2D eigenvalue weighted by atomic mass is 10.1. The first-order chi connectivity index (χ1) is 9.08. The van der Waals surface area contributed by atoms with Gasteiger partial charge in [-0.05, 0) is 42.7 Å². The Labute approximate surface area is 118 Å². The minimum atomic E-state index is -0.164. The van der Waals surface area contributed by atoms with Gasteiger partial charge < -0.3 is 5.32 Å². The zero-order valence-corrected chi connectivity index (χ0v) is 11.8. The monoisotopic (exact) mass is 277 g/mol. The van der Waals surface area contributed by atoms with E-state index in [-0.39, 0.29) is 11.9 Å². The maximum atomic E-state index is 13.2. The normalized spacial score (nSPS) is 12.4. The molecule has 19 heavy (non-hydrogen) atoms. The molecule has 0 aliphatic heterocycles. The first-order valence-corrected chi connectivity index (χ1v) is 6.68. The molecule has 2 aromatic carbocycles. The van der Waals surface area contributed by atoms with Gasteiger partial charge in [-0.25, -0.2) is 4.39 Å². The minimum absolute atomic E-state index is 0.152. The van der Waals surface area contributed by atoms with Crippen LogP contribution >= 0.6 is 11.6 Å². The van der Waals surface area contributed by atoms with Crippen LogP contribution in [-0.2, 0) is 6.54 Å². The second-order valence-electron chi connectivity index (χ2n) is 4.71. The highest BCUT2D eigenvalue weighted by molar-refractivity contribution is 6.31. The summed E-state index contributed by atoms with van der Waals surface area (Å²) in [5.41, 5.74) is 2.81. The topological polar surface area (TPSA) is 12.0 Å². The summed E-state index contributed by atoms with van der Waals surface area (Å²) in [6.45, 7) is 4.53. The van der Waals surface area contributed by atoms with Crippen LogP contribution in [-0.4, -0.2) is 0 Å². The molecule has 100 valence electrons. The Morgan fingerprint density at radius 1 is 1.21 bits per heavy atom. The molecule has 0 amide bonds. The Morgan fingerprint density at radius 2 is 1.95 bits per heavy atom. The Morgan fingerprint density at radius 3 is 2.63 bits per heavy atom. The van der Waals surface area contributed by atoms with Gasteiger partial charge in [0.15, 0.2) is 0 Å². The Kier molecular flexibility index (Phi) is 4.56. The van der Waals surface area contributed by atoms with E-state index in [4.69, 9.17) is 11.6 Å². The molecule has 0 radical (unpaired) electrons. The van der Waals surface area contributed by atoms with Gasteiger partial charge in [-0.1, -0.05) is 41.9 Å². The smallest absolute Gasteiger partial charge is 0.126 e. The van der Waals surface area contributed by atoms with Crippen LogP contribution in [0.25, 0.3) is 0 Å². The highest BCUT2D eigenvalue weighted by Gasteiger charge is 2.08. The fourth-order valence-electron chi connectivity index (χ4n) is 2.02. The van der Waals surface area contributed by atoms with Gasteiger partial charge in [0, 0.05) is 17.6 Å². The van der Waals surface area contributed by atoms with Crippen molar-refractivity contribution in [2.45, 2.75) is 26.4 Å². The van der Waals surface area contributed by atoms with E-state index in [9.17, 15) is 4.39 Å². The van der Waals surface area contributed by atoms with Gasteiger partial charge >= 0.3 is 0 Å². The Hall–Kier alpha value is -1.38. The fourth-order valence-corrected chi connectivity index (χ4v) is 2.32. The van der Waals surface area contributed by atoms with Gasteiger partial charge in [-0.2, -0.15) is 0 Å². The summed E-state index contributed by atoms with van der Waals surface area (Å²) in [6, 6.07) is 13.1. The van der Waals surface area contributed by atoms with Crippen LogP contribution < -0.4 is 5.32 Å². The summed E-state index contributed by atoms with van der Waals surface area (Å²) in [5, 5.41) is 4.16. The molecule has 2 rings (SSSR count). The summed E-state index contributed by atoms with van der Waals surface area (Å²) in [6.07, 6.45) is 0. The van der Waals surface area contributed by atoms with Crippen molar-refractivity contribution in [3.05, 3.63) is 70.0 Å². The minimum Gasteiger partial charge on any atom is -0.306 e. The first-order valence-electron chi connectivity index (χ1n) is 6.31. The van der Waals surface area contributed by atoms with Gasteiger partial charge in [-0.15, -0.1) is 0 Å². The summed E-state index contributed by atoms with van der Waals surface area (Å²) in [5.74, 6) is -0.164. The van der Waals surface area contributed by atoms with Crippen LogP contribution in [0.1, 0.15) is 29.7 Å². The highest BCUT2D eigenvalue weighted by atomic mass is 35.5. The van der Waals surface area contributed by atoms with Crippen molar-refractivity contribution in [2.75, 3.05) is 0 Å². The molecule has 0 fully saturated rings. The summed E-state index contributed by atoms with van der Waals surface area (Å²) >= 11 is 6.16. The molecule has 0 aliphatic carbocycles. The molecule has 0 bridgehead atoms. The van der Waals surface area contributed by atoms with E-state index in [2.05, 4.69) is 12.2 Å². The lowest BCUT2D eigenvalue weighted by molar-refractivity contribution is 0.572. The van der Waals surface area contributed by atoms with E-state index in [1.165, 1.54) is 6.07 Å². The third kappa shape index (κ3) is 3.55. The van der Waals surface area contributed by atoms with E-state index in [1.54, 1.807) is 13.0 Å². The molecular weight excluding hydrogens is 261 g/mol. The second-order valence-corrected chi connectivity index (χ2v) is 5.11. The van der Waals surface area contributed by atoms with Gasteiger partial charge in [0.05, 0.1) is 0 Å². The molecule has 1 atom stereocenters. The lowest BCUT2D eigenvalue weighted by Crippen LogP contribution is -2.18. The number of halogens is 2.